The summed E-state index contributed by atoms with van der Waals surface area (Å²) in [6.45, 7) is 0. The molecule has 3 nitrogen and oxygen atoms in total. The Hall–Kier alpha value is 0.325. The molecular formula is C5H5ArBFNO2. The first-order chi connectivity index (χ1) is 4.70. The van der Waals surface area contributed by atoms with Crippen LogP contribution in [0.25, 0.3) is 0 Å². The third-order valence-electron chi connectivity index (χ3n) is 1.05. The van der Waals surface area contributed by atoms with Crippen molar-refractivity contribution in [2.45, 2.75) is 0 Å². The average molecular weight is 181 g/mol. The summed E-state index contributed by atoms with van der Waals surface area (Å²) in [7, 11) is -1.58. The molecule has 1 aromatic rings. The molecule has 0 spiro atoms. The summed E-state index contributed by atoms with van der Waals surface area (Å²) in [5.41, 5.74) is 0.182. The molecule has 60 valence electrons. The third-order valence-corrected chi connectivity index (χ3v) is 1.05. The first-order valence-corrected chi connectivity index (χ1v) is 2.68. The molecule has 0 radical (unpaired) electrons. The van der Waals surface area contributed by atoms with Crippen LogP contribution in [0.3, 0.4) is 0 Å². The molecule has 0 aliphatic carbocycles. The Morgan fingerprint density at radius 3 is 2.36 bits per heavy atom. The average Bonchev–Trinajstić information content (AvgIpc) is 1.88. The fraction of sp³-hybridized carbons (Fsp3) is 0. The summed E-state index contributed by atoms with van der Waals surface area (Å²) in [6, 6.07) is 2.32. The molecule has 0 saturated carbocycles. The van der Waals surface area contributed by atoms with Gasteiger partial charge < -0.3 is 10.0 Å². The smallest absolute Gasteiger partial charge is 0.423 e. The number of aromatic nitrogens is 1. The number of rotatable bonds is 1. The van der Waals surface area contributed by atoms with Gasteiger partial charge in [-0.15, -0.1) is 0 Å². The van der Waals surface area contributed by atoms with Crippen molar-refractivity contribution in [3.8, 4) is 0 Å². The van der Waals surface area contributed by atoms with E-state index in [2.05, 4.69) is 4.98 Å². The van der Waals surface area contributed by atoms with Crippen molar-refractivity contribution in [3.63, 3.8) is 0 Å². The Morgan fingerprint density at radius 1 is 1.36 bits per heavy atom. The van der Waals surface area contributed by atoms with E-state index in [0.29, 0.717) is 0 Å². The van der Waals surface area contributed by atoms with Crippen molar-refractivity contribution in [1.29, 1.82) is 0 Å². The Kier molecular flexibility index (Phi) is 5.21. The summed E-state index contributed by atoms with van der Waals surface area (Å²) >= 11 is 0. The number of halogens is 1. The van der Waals surface area contributed by atoms with Crippen LogP contribution in [0.5, 0.6) is 0 Å². The van der Waals surface area contributed by atoms with Gasteiger partial charge in [0.25, 0.3) is 0 Å². The van der Waals surface area contributed by atoms with Crippen LogP contribution in [0.1, 0.15) is 0 Å². The first kappa shape index (κ1) is 11.3. The van der Waals surface area contributed by atoms with Gasteiger partial charge in [0.15, 0.2) is 0 Å². The zero-order valence-electron chi connectivity index (χ0n) is 5.38. The number of hydrogen-bond donors (Lipinski definition) is 2. The van der Waals surface area contributed by atoms with Crippen LogP contribution in [0.2, 0.25) is 0 Å². The second-order valence-corrected chi connectivity index (χ2v) is 1.79. The van der Waals surface area contributed by atoms with Gasteiger partial charge in [-0.1, -0.05) is 6.07 Å². The molecule has 0 atom stereocenters. The predicted molar refractivity (Wildman–Crippen MR) is 34.0 cm³/mol. The minimum atomic E-state index is -1.58. The van der Waals surface area contributed by atoms with E-state index in [4.69, 9.17) is 10.0 Å². The van der Waals surface area contributed by atoms with Crippen LogP contribution >= 0.6 is 0 Å². The van der Waals surface area contributed by atoms with E-state index in [0.717, 1.165) is 12.3 Å². The molecule has 0 amide bonds. The topological polar surface area (TPSA) is 53.4 Å². The van der Waals surface area contributed by atoms with E-state index in [1.807, 2.05) is 0 Å². The summed E-state index contributed by atoms with van der Waals surface area (Å²) in [6.07, 6.45) is 1.07. The minimum absolute atomic E-state index is 0. The fourth-order valence-electron chi connectivity index (χ4n) is 0.540. The molecule has 0 fully saturated rings. The molecule has 0 aliphatic rings. The van der Waals surface area contributed by atoms with Crippen molar-refractivity contribution in [1.82, 2.24) is 4.98 Å². The quantitative estimate of drug-likeness (QED) is 0.427. The zero-order valence-corrected chi connectivity index (χ0v) is 6.09. The van der Waals surface area contributed by atoms with Crippen LogP contribution in [0, 0.1) is 43.7 Å². The maximum Gasteiger partial charge on any atom is 0.490 e. The Labute approximate surface area is 93.4 Å². The van der Waals surface area contributed by atoms with Gasteiger partial charge in [0.1, 0.15) is 0 Å². The standard InChI is InChI=1S/C5H5BFNO2.Ar/c7-5-2-1-4(3-8-5)6(9)10;/h1-3,9-10H;. The van der Waals surface area contributed by atoms with Crippen LogP contribution in [0.15, 0.2) is 18.3 Å². The zero-order chi connectivity index (χ0) is 7.56. The van der Waals surface area contributed by atoms with E-state index in [-0.39, 0.29) is 43.2 Å². The normalized spacial score (nSPS) is 8.64. The molecule has 0 unspecified atom stereocenters. The summed E-state index contributed by atoms with van der Waals surface area (Å²) in [5, 5.41) is 17.0. The van der Waals surface area contributed by atoms with Gasteiger partial charge in [0.05, 0.1) is 0 Å². The molecule has 0 aliphatic heterocycles. The Balaban J connectivity index is 0.000001000. The van der Waals surface area contributed by atoms with Crippen LogP contribution in [-0.4, -0.2) is 22.2 Å². The molecule has 0 saturated heterocycles. The van der Waals surface area contributed by atoms with Crippen LogP contribution < -0.4 is 5.46 Å². The molecule has 6 heteroatoms. The van der Waals surface area contributed by atoms with Gasteiger partial charge in [0.2, 0.25) is 5.95 Å². The van der Waals surface area contributed by atoms with Gasteiger partial charge in [0, 0.05) is 49.4 Å². The van der Waals surface area contributed by atoms with Crippen LogP contribution in [0.4, 0.5) is 4.39 Å². The summed E-state index contributed by atoms with van der Waals surface area (Å²) in [4.78, 5) is 3.21. The van der Waals surface area contributed by atoms with Crippen molar-refractivity contribution >= 4 is 12.6 Å². The molecule has 1 heterocycles. The van der Waals surface area contributed by atoms with Crippen molar-refractivity contribution in [2.24, 2.45) is 0 Å². The van der Waals surface area contributed by atoms with Crippen molar-refractivity contribution < 1.29 is 52.2 Å². The van der Waals surface area contributed by atoms with E-state index >= 15 is 0 Å². The second kappa shape index (κ2) is 5.06. The molecule has 2 N–H and O–H groups in total. The largest absolute Gasteiger partial charge is 0.490 e. The van der Waals surface area contributed by atoms with Crippen molar-refractivity contribution in [2.75, 3.05) is 0 Å². The SMILES string of the molecule is OB(O)c1ccc(F)nc1.[Ar]. The minimum Gasteiger partial charge on any atom is -0.423 e. The molecule has 0 bridgehead atoms. The van der Waals surface area contributed by atoms with Crippen molar-refractivity contribution in [3.05, 3.63) is 24.3 Å². The fourth-order valence-corrected chi connectivity index (χ4v) is 0.540. The molecular weight excluding hydrogens is 176 g/mol. The maximum atomic E-state index is 12.1. The van der Waals surface area contributed by atoms with Gasteiger partial charge >= 0.3 is 7.12 Å². The summed E-state index contributed by atoms with van der Waals surface area (Å²) < 4.78 is 12.1. The molecule has 1 rings (SSSR count). The maximum absolute atomic E-state index is 12.1. The van der Waals surface area contributed by atoms with Gasteiger partial charge in [-0.25, -0.2) is 4.98 Å². The second-order valence-electron chi connectivity index (χ2n) is 1.79. The van der Waals surface area contributed by atoms with E-state index in [9.17, 15) is 4.39 Å². The van der Waals surface area contributed by atoms with Gasteiger partial charge in [-0.3, -0.25) is 0 Å². The molecule has 1 aromatic heterocycles. The number of pyridine rings is 1. The molecule has 11 heavy (non-hydrogen) atoms. The monoisotopic (exact) mass is 181 g/mol. The van der Waals surface area contributed by atoms with Gasteiger partial charge in [-0.2, -0.15) is 4.39 Å². The third kappa shape index (κ3) is 3.49. The van der Waals surface area contributed by atoms with E-state index < -0.39 is 13.1 Å². The number of nitrogens with zero attached hydrogens (tertiary/aromatic N) is 1. The first-order valence-electron chi connectivity index (χ1n) is 2.68. The Morgan fingerprint density at radius 2 is 2.00 bits per heavy atom. The Bertz CT molecular complexity index is 218. The predicted octanol–water partition coefficient (Wildman–Crippen LogP) is -1.10. The molecule has 0 aromatic carbocycles. The number of hydrogen-bond acceptors (Lipinski definition) is 3. The van der Waals surface area contributed by atoms with E-state index in [1.54, 1.807) is 0 Å². The van der Waals surface area contributed by atoms with E-state index in [1.165, 1.54) is 6.07 Å². The summed E-state index contributed by atoms with van der Waals surface area (Å²) in [5.74, 6) is -0.635. The van der Waals surface area contributed by atoms with Gasteiger partial charge in [-0.05, 0) is 6.07 Å². The van der Waals surface area contributed by atoms with Crippen LogP contribution in [-0.2, 0) is 0 Å².